The molecule has 3 rings (SSSR count). The topological polar surface area (TPSA) is 88.9 Å². The Balaban J connectivity index is 1.61. The van der Waals surface area contributed by atoms with E-state index in [2.05, 4.69) is 20.8 Å². The molecule has 7 nitrogen and oxygen atoms in total. The molecule has 0 bridgehead atoms. The van der Waals surface area contributed by atoms with E-state index in [9.17, 15) is 22.8 Å². The standard InChI is InChI=1S/C21H17Cl3F3N5O2S/c1-10(28-19(34)11-3-5-13(22)15(24)7-11)18-30-31-20(32(18)2)35-9-17(33)29-16-8-12(21(25,26)27)4-6-14(16)23/h3-8,10H,9H2,1-2H3,(H,28,34)(H,29,33)/t10-/m0/s1. The van der Waals surface area contributed by atoms with E-state index < -0.39 is 29.6 Å². The summed E-state index contributed by atoms with van der Waals surface area (Å²) in [6.07, 6.45) is -4.57. The molecule has 0 spiro atoms. The minimum absolute atomic E-state index is 0.0242. The van der Waals surface area contributed by atoms with Gasteiger partial charge in [0, 0.05) is 12.6 Å². The third-order valence-corrected chi connectivity index (χ3v) is 6.77. The molecule has 0 aliphatic heterocycles. The molecule has 0 saturated carbocycles. The number of halogens is 6. The Morgan fingerprint density at radius 3 is 2.40 bits per heavy atom. The van der Waals surface area contributed by atoms with Gasteiger partial charge in [0.25, 0.3) is 5.91 Å². The fourth-order valence-electron chi connectivity index (χ4n) is 2.92. The number of benzene rings is 2. The van der Waals surface area contributed by atoms with Crippen molar-refractivity contribution >= 4 is 64.1 Å². The summed E-state index contributed by atoms with van der Waals surface area (Å²) in [5.41, 5.74) is -0.767. The summed E-state index contributed by atoms with van der Waals surface area (Å²) in [7, 11) is 1.65. The molecule has 2 aromatic carbocycles. The van der Waals surface area contributed by atoms with Crippen LogP contribution >= 0.6 is 46.6 Å². The summed E-state index contributed by atoms with van der Waals surface area (Å²) in [6, 6.07) is 6.61. The molecule has 0 fully saturated rings. The maximum atomic E-state index is 12.9. The zero-order chi connectivity index (χ0) is 25.9. The van der Waals surface area contributed by atoms with Crippen LogP contribution in [0.15, 0.2) is 41.6 Å². The van der Waals surface area contributed by atoms with Crippen LogP contribution in [-0.2, 0) is 18.0 Å². The highest BCUT2D eigenvalue weighted by molar-refractivity contribution is 7.99. The number of alkyl halides is 3. The second-order valence-electron chi connectivity index (χ2n) is 7.25. The molecule has 1 aromatic heterocycles. The highest BCUT2D eigenvalue weighted by atomic mass is 35.5. The summed E-state index contributed by atoms with van der Waals surface area (Å²) in [5, 5.41) is 14.1. The number of carbonyl (C=O) groups is 2. The monoisotopic (exact) mass is 565 g/mol. The summed E-state index contributed by atoms with van der Waals surface area (Å²) in [5.74, 6) is -0.725. The first-order valence-electron chi connectivity index (χ1n) is 9.81. The lowest BCUT2D eigenvalue weighted by Gasteiger charge is -2.14. The molecule has 0 aliphatic rings. The highest BCUT2D eigenvalue weighted by Crippen LogP contribution is 2.34. The van der Waals surface area contributed by atoms with Crippen LogP contribution in [0.1, 0.15) is 34.7 Å². The maximum Gasteiger partial charge on any atom is 0.416 e. The van der Waals surface area contributed by atoms with Crippen LogP contribution in [0.25, 0.3) is 0 Å². The number of nitrogens with one attached hydrogen (secondary N) is 2. The Bertz CT molecular complexity index is 1270. The predicted molar refractivity (Wildman–Crippen MR) is 129 cm³/mol. The third-order valence-electron chi connectivity index (χ3n) is 4.69. The first-order chi connectivity index (χ1) is 16.4. The summed E-state index contributed by atoms with van der Waals surface area (Å²) in [6.45, 7) is 1.70. The van der Waals surface area contributed by atoms with Gasteiger partial charge in [0.2, 0.25) is 5.91 Å². The number of hydrogen-bond donors (Lipinski definition) is 2. The fraction of sp³-hybridized carbons (Fsp3) is 0.238. The minimum Gasteiger partial charge on any atom is -0.342 e. The average Bonchev–Trinajstić information content (AvgIpc) is 3.15. The zero-order valence-electron chi connectivity index (χ0n) is 18.1. The minimum atomic E-state index is -4.57. The zero-order valence-corrected chi connectivity index (χ0v) is 21.2. The van der Waals surface area contributed by atoms with Crippen molar-refractivity contribution in [2.24, 2.45) is 7.05 Å². The van der Waals surface area contributed by atoms with Gasteiger partial charge in [0.15, 0.2) is 11.0 Å². The molecule has 1 atom stereocenters. The SMILES string of the molecule is C[C@H](NC(=O)c1ccc(Cl)c(Cl)c1)c1nnc(SCC(=O)Nc2cc(C(F)(F)F)ccc2Cl)n1C. The molecule has 35 heavy (non-hydrogen) atoms. The number of carbonyl (C=O) groups excluding carboxylic acids is 2. The molecule has 1 heterocycles. The van der Waals surface area contributed by atoms with E-state index in [1.165, 1.54) is 18.2 Å². The van der Waals surface area contributed by atoms with Crippen molar-refractivity contribution in [2.75, 3.05) is 11.1 Å². The van der Waals surface area contributed by atoms with Crippen LogP contribution in [0.4, 0.5) is 18.9 Å². The van der Waals surface area contributed by atoms with Gasteiger partial charge in [-0.25, -0.2) is 0 Å². The Morgan fingerprint density at radius 1 is 1.06 bits per heavy atom. The lowest BCUT2D eigenvalue weighted by Crippen LogP contribution is -2.28. The van der Waals surface area contributed by atoms with Crippen LogP contribution in [0, 0.1) is 0 Å². The number of rotatable bonds is 7. The molecule has 2 N–H and O–H groups in total. The van der Waals surface area contributed by atoms with E-state index in [-0.39, 0.29) is 21.5 Å². The van der Waals surface area contributed by atoms with Crippen molar-refractivity contribution in [1.29, 1.82) is 0 Å². The Hall–Kier alpha value is -2.47. The van der Waals surface area contributed by atoms with Crippen LogP contribution in [0.3, 0.4) is 0 Å². The second kappa shape index (κ2) is 11.1. The number of nitrogens with zero attached hydrogens (tertiary/aromatic N) is 3. The van der Waals surface area contributed by atoms with Crippen molar-refractivity contribution in [3.05, 3.63) is 68.4 Å². The van der Waals surface area contributed by atoms with E-state index in [0.717, 1.165) is 30.0 Å². The van der Waals surface area contributed by atoms with Gasteiger partial charge < -0.3 is 15.2 Å². The van der Waals surface area contributed by atoms with Gasteiger partial charge in [-0.05, 0) is 43.3 Å². The van der Waals surface area contributed by atoms with Gasteiger partial charge in [-0.2, -0.15) is 13.2 Å². The van der Waals surface area contributed by atoms with Gasteiger partial charge in [-0.3, -0.25) is 9.59 Å². The number of anilines is 1. The predicted octanol–water partition coefficient (Wildman–Crippen LogP) is 6.02. The van der Waals surface area contributed by atoms with Crippen molar-refractivity contribution in [3.63, 3.8) is 0 Å². The van der Waals surface area contributed by atoms with Gasteiger partial charge in [0.1, 0.15) is 0 Å². The molecule has 0 aliphatic carbocycles. The molecule has 3 aromatic rings. The van der Waals surface area contributed by atoms with Gasteiger partial charge in [-0.15, -0.1) is 10.2 Å². The summed E-state index contributed by atoms with van der Waals surface area (Å²) < 4.78 is 40.3. The largest absolute Gasteiger partial charge is 0.416 e. The van der Waals surface area contributed by atoms with E-state index in [0.29, 0.717) is 21.6 Å². The van der Waals surface area contributed by atoms with Gasteiger partial charge in [-0.1, -0.05) is 46.6 Å². The Morgan fingerprint density at radius 2 is 1.74 bits per heavy atom. The van der Waals surface area contributed by atoms with Crippen molar-refractivity contribution in [1.82, 2.24) is 20.1 Å². The highest BCUT2D eigenvalue weighted by Gasteiger charge is 2.31. The third kappa shape index (κ3) is 6.81. The average molecular weight is 567 g/mol. The molecule has 14 heteroatoms. The number of aromatic nitrogens is 3. The number of amides is 2. The van der Waals surface area contributed by atoms with Crippen molar-refractivity contribution in [2.45, 2.75) is 24.3 Å². The van der Waals surface area contributed by atoms with E-state index in [1.54, 1.807) is 18.5 Å². The molecule has 0 saturated heterocycles. The summed E-state index contributed by atoms with van der Waals surface area (Å²) >= 11 is 18.8. The Kier molecular flexibility index (Phi) is 8.58. The van der Waals surface area contributed by atoms with E-state index in [1.807, 2.05) is 0 Å². The molecular formula is C21H17Cl3F3N5O2S. The first kappa shape index (κ1) is 27.1. The lowest BCUT2D eigenvalue weighted by molar-refractivity contribution is -0.137. The van der Waals surface area contributed by atoms with Gasteiger partial charge in [0.05, 0.1) is 38.1 Å². The van der Waals surface area contributed by atoms with Crippen LogP contribution in [-0.4, -0.2) is 32.3 Å². The molecule has 2 amide bonds. The van der Waals surface area contributed by atoms with Crippen LogP contribution < -0.4 is 10.6 Å². The van der Waals surface area contributed by atoms with Crippen LogP contribution in [0.2, 0.25) is 15.1 Å². The summed E-state index contributed by atoms with van der Waals surface area (Å²) in [4.78, 5) is 24.8. The quantitative estimate of drug-likeness (QED) is 0.342. The lowest BCUT2D eigenvalue weighted by atomic mass is 10.2. The molecule has 186 valence electrons. The first-order valence-corrected chi connectivity index (χ1v) is 11.9. The molecule has 0 radical (unpaired) electrons. The normalized spacial score (nSPS) is 12.3. The van der Waals surface area contributed by atoms with Crippen molar-refractivity contribution in [3.8, 4) is 0 Å². The smallest absolute Gasteiger partial charge is 0.342 e. The van der Waals surface area contributed by atoms with Crippen LogP contribution in [0.5, 0.6) is 0 Å². The Labute approximate surface area is 217 Å². The number of hydrogen-bond acceptors (Lipinski definition) is 5. The number of thioether (sulfide) groups is 1. The molecule has 0 unspecified atom stereocenters. The second-order valence-corrected chi connectivity index (χ2v) is 9.42. The van der Waals surface area contributed by atoms with E-state index in [4.69, 9.17) is 34.8 Å². The van der Waals surface area contributed by atoms with E-state index >= 15 is 0 Å². The van der Waals surface area contributed by atoms with Gasteiger partial charge >= 0.3 is 6.18 Å². The maximum absolute atomic E-state index is 12.9. The molecular weight excluding hydrogens is 550 g/mol. The van der Waals surface area contributed by atoms with Crippen molar-refractivity contribution < 1.29 is 22.8 Å². The fourth-order valence-corrected chi connectivity index (χ4v) is 4.11.